The van der Waals surface area contributed by atoms with Crippen molar-refractivity contribution in [2.75, 3.05) is 14.1 Å². The first-order chi connectivity index (χ1) is 10.4. The average Bonchev–Trinajstić information content (AvgIpc) is 3.26. The van der Waals surface area contributed by atoms with Gasteiger partial charge in [0.15, 0.2) is 0 Å². The molecule has 0 heterocycles. The number of hydrogen-bond donors (Lipinski definition) is 0. The zero-order valence-electron chi connectivity index (χ0n) is 12.4. The van der Waals surface area contributed by atoms with E-state index in [1.165, 1.54) is 6.07 Å². The van der Waals surface area contributed by atoms with Crippen LogP contribution >= 0.6 is 23.2 Å². The molecule has 0 atom stereocenters. The summed E-state index contributed by atoms with van der Waals surface area (Å²) in [5.41, 5.74) is 0.719. The van der Waals surface area contributed by atoms with Crippen molar-refractivity contribution in [3.63, 3.8) is 0 Å². The number of hydrogen-bond acceptors (Lipinski definition) is 2. The van der Waals surface area contributed by atoms with Crippen molar-refractivity contribution in [1.29, 1.82) is 0 Å². The number of benzene rings is 2. The molecule has 2 aromatic rings. The molecule has 5 heteroatoms. The molecule has 1 aliphatic carbocycles. The van der Waals surface area contributed by atoms with Crippen LogP contribution in [0.1, 0.15) is 18.4 Å². The smallest absolute Gasteiger partial charge is 0.132 e. The standard InChI is InChI=1S/C17H16Cl2FNO/c1-21(2)17(7-8-17)13-9-11(20)3-6-16(13)22-12-4-5-14(18)15(19)10-12/h3-6,9-10H,7-8H2,1-2H3. The molecule has 2 aromatic carbocycles. The zero-order valence-corrected chi connectivity index (χ0v) is 13.9. The molecule has 0 unspecified atom stereocenters. The number of rotatable bonds is 4. The van der Waals surface area contributed by atoms with Gasteiger partial charge in [-0.1, -0.05) is 23.2 Å². The van der Waals surface area contributed by atoms with E-state index in [2.05, 4.69) is 4.90 Å². The fraction of sp³-hybridized carbons (Fsp3) is 0.294. The van der Waals surface area contributed by atoms with Crippen LogP contribution in [0.5, 0.6) is 11.5 Å². The Hall–Kier alpha value is -1.29. The SMILES string of the molecule is CN(C)C1(c2cc(F)ccc2Oc2ccc(Cl)c(Cl)c2)CC1. The highest BCUT2D eigenvalue weighted by Crippen LogP contribution is 2.53. The quantitative estimate of drug-likeness (QED) is 0.731. The maximum atomic E-state index is 13.7. The van der Waals surface area contributed by atoms with Crippen molar-refractivity contribution >= 4 is 23.2 Å². The van der Waals surface area contributed by atoms with E-state index >= 15 is 0 Å². The van der Waals surface area contributed by atoms with Gasteiger partial charge in [-0.3, -0.25) is 4.90 Å². The summed E-state index contributed by atoms with van der Waals surface area (Å²) in [6.45, 7) is 0. The van der Waals surface area contributed by atoms with Gasteiger partial charge in [0.25, 0.3) is 0 Å². The molecule has 1 saturated carbocycles. The van der Waals surface area contributed by atoms with E-state index in [9.17, 15) is 4.39 Å². The Morgan fingerprint density at radius 1 is 1.05 bits per heavy atom. The van der Waals surface area contributed by atoms with Crippen molar-refractivity contribution in [3.05, 3.63) is 57.8 Å². The highest BCUT2D eigenvalue weighted by atomic mass is 35.5. The second-order valence-electron chi connectivity index (χ2n) is 5.74. The second kappa shape index (κ2) is 5.73. The molecule has 2 nitrogen and oxygen atoms in total. The van der Waals surface area contributed by atoms with Crippen LogP contribution in [0.3, 0.4) is 0 Å². The summed E-state index contributed by atoms with van der Waals surface area (Å²) in [7, 11) is 4.00. The molecule has 0 saturated heterocycles. The Bertz CT molecular complexity index is 714. The van der Waals surface area contributed by atoms with Crippen LogP contribution in [0.25, 0.3) is 0 Å². The fourth-order valence-corrected chi connectivity index (χ4v) is 2.99. The first-order valence-corrected chi connectivity index (χ1v) is 7.78. The van der Waals surface area contributed by atoms with E-state index in [0.717, 1.165) is 18.4 Å². The summed E-state index contributed by atoms with van der Waals surface area (Å²) in [6, 6.07) is 9.71. The van der Waals surface area contributed by atoms with E-state index in [4.69, 9.17) is 27.9 Å². The maximum absolute atomic E-state index is 13.7. The lowest BCUT2D eigenvalue weighted by Crippen LogP contribution is -2.28. The fourth-order valence-electron chi connectivity index (χ4n) is 2.70. The van der Waals surface area contributed by atoms with Crippen molar-refractivity contribution < 1.29 is 9.13 Å². The Kier molecular flexibility index (Phi) is 4.06. The Labute approximate surface area is 139 Å². The van der Waals surface area contributed by atoms with E-state index in [1.807, 2.05) is 14.1 Å². The maximum Gasteiger partial charge on any atom is 0.132 e. The zero-order chi connectivity index (χ0) is 15.9. The highest BCUT2D eigenvalue weighted by molar-refractivity contribution is 6.42. The molecular formula is C17H16Cl2FNO. The second-order valence-corrected chi connectivity index (χ2v) is 6.56. The summed E-state index contributed by atoms with van der Waals surface area (Å²) in [6.07, 6.45) is 1.97. The third kappa shape index (κ3) is 2.81. The van der Waals surface area contributed by atoms with Crippen LogP contribution in [-0.4, -0.2) is 19.0 Å². The molecule has 0 radical (unpaired) electrons. The molecule has 22 heavy (non-hydrogen) atoms. The molecule has 0 bridgehead atoms. The number of halogens is 3. The number of nitrogens with zero attached hydrogens (tertiary/aromatic N) is 1. The van der Waals surface area contributed by atoms with Gasteiger partial charge in [0.05, 0.1) is 10.0 Å². The molecule has 0 aliphatic heterocycles. The minimum atomic E-state index is -0.260. The Balaban J connectivity index is 1.99. The molecule has 0 spiro atoms. The first-order valence-electron chi connectivity index (χ1n) is 7.03. The molecule has 0 amide bonds. The van der Waals surface area contributed by atoms with E-state index < -0.39 is 0 Å². The van der Waals surface area contributed by atoms with E-state index in [1.54, 1.807) is 30.3 Å². The van der Waals surface area contributed by atoms with Gasteiger partial charge in [0, 0.05) is 17.2 Å². The van der Waals surface area contributed by atoms with Crippen molar-refractivity contribution in [2.45, 2.75) is 18.4 Å². The summed E-state index contributed by atoms with van der Waals surface area (Å²) in [4.78, 5) is 2.11. The molecule has 3 rings (SSSR count). The molecule has 1 fully saturated rings. The van der Waals surface area contributed by atoms with E-state index in [0.29, 0.717) is 21.5 Å². The topological polar surface area (TPSA) is 12.5 Å². The van der Waals surface area contributed by atoms with Crippen LogP contribution in [0.15, 0.2) is 36.4 Å². The third-order valence-electron chi connectivity index (χ3n) is 4.14. The van der Waals surface area contributed by atoms with Gasteiger partial charge in [-0.2, -0.15) is 0 Å². The average molecular weight is 340 g/mol. The van der Waals surface area contributed by atoms with Crippen molar-refractivity contribution in [3.8, 4) is 11.5 Å². The molecule has 116 valence electrons. The van der Waals surface area contributed by atoms with Gasteiger partial charge in [-0.05, 0) is 57.3 Å². The van der Waals surface area contributed by atoms with Gasteiger partial charge in [0.2, 0.25) is 0 Å². The normalized spacial score (nSPS) is 15.9. The van der Waals surface area contributed by atoms with Gasteiger partial charge in [-0.15, -0.1) is 0 Å². The van der Waals surface area contributed by atoms with Crippen LogP contribution in [0.2, 0.25) is 10.0 Å². The molecule has 0 aromatic heterocycles. The van der Waals surface area contributed by atoms with Crippen LogP contribution in [-0.2, 0) is 5.54 Å². The summed E-state index contributed by atoms with van der Waals surface area (Å²) >= 11 is 11.9. The minimum absolute atomic E-state index is 0.145. The Morgan fingerprint density at radius 2 is 1.77 bits per heavy atom. The summed E-state index contributed by atoms with van der Waals surface area (Å²) in [5, 5.41) is 0.900. The van der Waals surface area contributed by atoms with Crippen LogP contribution < -0.4 is 4.74 Å². The third-order valence-corrected chi connectivity index (χ3v) is 4.88. The van der Waals surface area contributed by atoms with E-state index in [-0.39, 0.29) is 11.4 Å². The van der Waals surface area contributed by atoms with Crippen LogP contribution in [0.4, 0.5) is 4.39 Å². The molecule has 0 N–H and O–H groups in total. The monoisotopic (exact) mass is 339 g/mol. The first kappa shape index (κ1) is 15.6. The Morgan fingerprint density at radius 3 is 2.36 bits per heavy atom. The predicted molar refractivity (Wildman–Crippen MR) is 87.5 cm³/mol. The van der Waals surface area contributed by atoms with Crippen LogP contribution in [0, 0.1) is 5.82 Å². The number of ether oxygens (including phenoxy) is 1. The summed E-state index contributed by atoms with van der Waals surface area (Å²) < 4.78 is 19.7. The largest absolute Gasteiger partial charge is 0.457 e. The van der Waals surface area contributed by atoms with Gasteiger partial charge >= 0.3 is 0 Å². The van der Waals surface area contributed by atoms with Crippen molar-refractivity contribution in [1.82, 2.24) is 4.90 Å². The molecule has 1 aliphatic rings. The predicted octanol–water partition coefficient (Wildman–Crippen LogP) is 5.48. The lowest BCUT2D eigenvalue weighted by molar-refractivity contribution is 0.268. The van der Waals surface area contributed by atoms with Crippen molar-refractivity contribution in [2.24, 2.45) is 0 Å². The molecular weight excluding hydrogens is 324 g/mol. The minimum Gasteiger partial charge on any atom is -0.457 e. The summed E-state index contributed by atoms with van der Waals surface area (Å²) in [5.74, 6) is 0.965. The van der Waals surface area contributed by atoms with Gasteiger partial charge < -0.3 is 4.74 Å². The van der Waals surface area contributed by atoms with Gasteiger partial charge in [-0.25, -0.2) is 4.39 Å². The lowest BCUT2D eigenvalue weighted by Gasteiger charge is -2.26. The van der Waals surface area contributed by atoms with Gasteiger partial charge in [0.1, 0.15) is 17.3 Å². The highest BCUT2D eigenvalue weighted by Gasteiger charge is 2.48. The lowest BCUT2D eigenvalue weighted by atomic mass is 10.0.